The molecule has 8 heteroatoms. The lowest BCUT2D eigenvalue weighted by Gasteiger charge is -2.09. The summed E-state index contributed by atoms with van der Waals surface area (Å²) in [6.07, 6.45) is 0. The van der Waals surface area contributed by atoms with Gasteiger partial charge in [-0.15, -0.1) is 10.2 Å². The molecule has 2 rings (SSSR count). The molecular weight excluding hydrogens is 317 g/mol. The molecule has 0 bridgehead atoms. The molecule has 0 spiro atoms. The number of carbonyl (C=O) groups excluding carboxylic acids is 1. The highest BCUT2D eigenvalue weighted by atomic mass is 32.2. The van der Waals surface area contributed by atoms with Crippen molar-refractivity contribution in [3.05, 3.63) is 41.5 Å². The summed E-state index contributed by atoms with van der Waals surface area (Å²) in [6, 6.07) is 5.88. The molecule has 0 atom stereocenters. The fraction of sp³-hybridized carbons (Fsp3) is 0.400. The van der Waals surface area contributed by atoms with Crippen LogP contribution in [0.25, 0.3) is 0 Å². The maximum atomic E-state index is 13.6. The van der Waals surface area contributed by atoms with Gasteiger partial charge in [-0.25, -0.2) is 4.39 Å². The Morgan fingerprint density at radius 2 is 2.09 bits per heavy atom. The first kappa shape index (κ1) is 17.4. The highest BCUT2D eigenvalue weighted by Crippen LogP contribution is 2.15. The number of aromatic nitrogens is 3. The highest BCUT2D eigenvalue weighted by Gasteiger charge is 2.13. The lowest BCUT2D eigenvalue weighted by molar-refractivity contribution is 0.0945. The quantitative estimate of drug-likeness (QED) is 0.777. The number of benzene rings is 1. The van der Waals surface area contributed by atoms with Crippen LogP contribution in [0.15, 0.2) is 29.4 Å². The van der Waals surface area contributed by atoms with Gasteiger partial charge < -0.3 is 14.8 Å². The molecule has 0 aliphatic carbocycles. The number of nitrogens with zero attached hydrogens (tertiary/aromatic N) is 4. The van der Waals surface area contributed by atoms with Crippen LogP contribution in [0.4, 0.5) is 4.39 Å². The van der Waals surface area contributed by atoms with Crippen molar-refractivity contribution < 1.29 is 9.18 Å². The Labute approximate surface area is 139 Å². The van der Waals surface area contributed by atoms with E-state index in [0.29, 0.717) is 5.82 Å². The summed E-state index contributed by atoms with van der Waals surface area (Å²) in [4.78, 5) is 14.1. The van der Waals surface area contributed by atoms with Crippen LogP contribution < -0.4 is 5.32 Å². The first-order chi connectivity index (χ1) is 11.0. The van der Waals surface area contributed by atoms with Crippen molar-refractivity contribution in [3.8, 4) is 0 Å². The fourth-order valence-corrected chi connectivity index (χ4v) is 2.88. The third kappa shape index (κ3) is 4.77. The second-order valence-corrected chi connectivity index (χ2v) is 6.33. The predicted octanol–water partition coefficient (Wildman–Crippen LogP) is 1.54. The number of halogens is 1. The summed E-state index contributed by atoms with van der Waals surface area (Å²) in [7, 11) is 5.88. The van der Waals surface area contributed by atoms with Crippen molar-refractivity contribution in [1.29, 1.82) is 0 Å². The minimum absolute atomic E-state index is 0.0234. The third-order valence-electron chi connectivity index (χ3n) is 3.22. The molecule has 0 saturated heterocycles. The van der Waals surface area contributed by atoms with Crippen LogP contribution in [-0.4, -0.2) is 52.0 Å². The van der Waals surface area contributed by atoms with E-state index in [9.17, 15) is 9.18 Å². The zero-order chi connectivity index (χ0) is 16.8. The van der Waals surface area contributed by atoms with Gasteiger partial charge in [-0.3, -0.25) is 4.79 Å². The summed E-state index contributed by atoms with van der Waals surface area (Å²) in [5.74, 6) is 0.526. The molecule has 124 valence electrons. The van der Waals surface area contributed by atoms with Crippen molar-refractivity contribution >= 4 is 17.7 Å². The smallest absolute Gasteiger partial charge is 0.254 e. The summed E-state index contributed by atoms with van der Waals surface area (Å²) in [5.41, 5.74) is 0.0234. The van der Waals surface area contributed by atoms with Crippen molar-refractivity contribution in [2.24, 2.45) is 7.05 Å². The highest BCUT2D eigenvalue weighted by molar-refractivity contribution is 7.99. The van der Waals surface area contributed by atoms with Crippen LogP contribution in [0.3, 0.4) is 0 Å². The minimum Gasteiger partial charge on any atom is -0.345 e. The Kier molecular flexibility index (Phi) is 6.12. The Morgan fingerprint density at radius 1 is 1.35 bits per heavy atom. The lowest BCUT2D eigenvalue weighted by atomic mass is 10.2. The average molecular weight is 337 g/mol. The zero-order valence-electron chi connectivity index (χ0n) is 13.4. The second-order valence-electron chi connectivity index (χ2n) is 5.27. The summed E-state index contributed by atoms with van der Waals surface area (Å²) in [6.45, 7) is 1.14. The molecule has 0 radical (unpaired) electrons. The Balaban J connectivity index is 1.92. The molecule has 0 saturated carbocycles. The van der Waals surface area contributed by atoms with E-state index in [1.807, 2.05) is 25.7 Å². The summed E-state index contributed by atoms with van der Waals surface area (Å²) in [5, 5.41) is 11.6. The molecule has 2 aromatic rings. The molecule has 1 aromatic carbocycles. The van der Waals surface area contributed by atoms with Gasteiger partial charge in [0.1, 0.15) is 5.82 Å². The number of nitrogens with one attached hydrogen (secondary N) is 1. The summed E-state index contributed by atoms with van der Waals surface area (Å²) < 4.78 is 15.4. The second kappa shape index (κ2) is 8.07. The lowest BCUT2D eigenvalue weighted by Crippen LogP contribution is -2.25. The van der Waals surface area contributed by atoms with Gasteiger partial charge in [-0.1, -0.05) is 23.9 Å². The SMILES string of the molecule is CN(C)CCSc1nnc(CNC(=O)c2ccccc2F)n1C. The van der Waals surface area contributed by atoms with Crippen LogP contribution in [0.5, 0.6) is 0 Å². The molecule has 0 unspecified atom stereocenters. The van der Waals surface area contributed by atoms with Crippen LogP contribution in [-0.2, 0) is 13.6 Å². The van der Waals surface area contributed by atoms with Crippen LogP contribution in [0, 0.1) is 5.82 Å². The van der Waals surface area contributed by atoms with Crippen molar-refractivity contribution in [1.82, 2.24) is 25.0 Å². The van der Waals surface area contributed by atoms with E-state index < -0.39 is 11.7 Å². The standard InChI is InChI=1S/C15H20FN5OS/c1-20(2)8-9-23-15-19-18-13(21(15)3)10-17-14(22)11-6-4-5-7-12(11)16/h4-7H,8-10H2,1-3H3,(H,17,22). The molecule has 1 amide bonds. The van der Waals surface area contributed by atoms with Gasteiger partial charge in [0.05, 0.1) is 12.1 Å². The van der Waals surface area contributed by atoms with Crippen molar-refractivity contribution in [2.45, 2.75) is 11.7 Å². The number of rotatable bonds is 7. The molecule has 6 nitrogen and oxygen atoms in total. The van der Waals surface area contributed by atoms with E-state index in [0.717, 1.165) is 17.5 Å². The summed E-state index contributed by atoms with van der Waals surface area (Å²) >= 11 is 1.60. The van der Waals surface area contributed by atoms with Crippen LogP contribution in [0.1, 0.15) is 16.2 Å². The largest absolute Gasteiger partial charge is 0.345 e. The monoisotopic (exact) mass is 337 g/mol. The van der Waals surface area contributed by atoms with Crippen molar-refractivity contribution in [3.63, 3.8) is 0 Å². The van der Waals surface area contributed by atoms with E-state index in [1.54, 1.807) is 23.9 Å². The van der Waals surface area contributed by atoms with E-state index in [4.69, 9.17) is 0 Å². The van der Waals surface area contributed by atoms with Gasteiger partial charge in [0, 0.05) is 19.3 Å². The molecule has 0 aliphatic rings. The maximum Gasteiger partial charge on any atom is 0.254 e. The molecule has 0 fully saturated rings. The maximum absolute atomic E-state index is 13.6. The number of amides is 1. The van der Waals surface area contributed by atoms with Crippen LogP contribution in [0.2, 0.25) is 0 Å². The topological polar surface area (TPSA) is 63.1 Å². The normalized spacial score (nSPS) is 11.0. The van der Waals surface area contributed by atoms with E-state index in [-0.39, 0.29) is 12.1 Å². The third-order valence-corrected chi connectivity index (χ3v) is 4.22. The Hall–Kier alpha value is -1.93. The van der Waals surface area contributed by atoms with Gasteiger partial charge >= 0.3 is 0 Å². The van der Waals surface area contributed by atoms with Crippen LogP contribution >= 0.6 is 11.8 Å². The number of hydrogen-bond acceptors (Lipinski definition) is 5. The number of thioether (sulfide) groups is 1. The van der Waals surface area contributed by atoms with E-state index >= 15 is 0 Å². The number of hydrogen-bond donors (Lipinski definition) is 1. The first-order valence-corrected chi connectivity index (χ1v) is 8.16. The molecule has 0 aliphatic heterocycles. The minimum atomic E-state index is -0.539. The van der Waals surface area contributed by atoms with Gasteiger partial charge in [-0.2, -0.15) is 0 Å². The Bertz CT molecular complexity index is 674. The van der Waals surface area contributed by atoms with E-state index in [2.05, 4.69) is 20.4 Å². The molecule has 1 aromatic heterocycles. The van der Waals surface area contributed by atoms with Gasteiger partial charge in [0.2, 0.25) is 0 Å². The zero-order valence-corrected chi connectivity index (χ0v) is 14.2. The Morgan fingerprint density at radius 3 is 2.78 bits per heavy atom. The molecule has 1 N–H and O–H groups in total. The molecule has 23 heavy (non-hydrogen) atoms. The number of carbonyl (C=O) groups is 1. The van der Waals surface area contributed by atoms with Crippen molar-refractivity contribution in [2.75, 3.05) is 26.4 Å². The van der Waals surface area contributed by atoms with Gasteiger partial charge in [0.25, 0.3) is 5.91 Å². The fourth-order valence-electron chi connectivity index (χ4n) is 1.84. The van der Waals surface area contributed by atoms with Gasteiger partial charge in [-0.05, 0) is 26.2 Å². The predicted molar refractivity (Wildman–Crippen MR) is 87.9 cm³/mol. The molecule has 1 heterocycles. The molecular formula is C15H20FN5OS. The average Bonchev–Trinajstić information content (AvgIpc) is 2.86. The van der Waals surface area contributed by atoms with E-state index in [1.165, 1.54) is 12.1 Å². The van der Waals surface area contributed by atoms with Gasteiger partial charge in [0.15, 0.2) is 11.0 Å². The first-order valence-electron chi connectivity index (χ1n) is 7.17.